The van der Waals surface area contributed by atoms with Crippen molar-refractivity contribution in [2.75, 3.05) is 24.5 Å². The molecule has 2 aromatic carbocycles. The lowest BCUT2D eigenvalue weighted by Crippen LogP contribution is -2.26. The van der Waals surface area contributed by atoms with Crippen molar-refractivity contribution in [1.29, 1.82) is 0 Å². The number of nitrogens with one attached hydrogen (secondary N) is 2. The summed E-state index contributed by atoms with van der Waals surface area (Å²) >= 11 is 6.07. The van der Waals surface area contributed by atoms with Crippen molar-refractivity contribution >= 4 is 33.2 Å². The van der Waals surface area contributed by atoms with Gasteiger partial charge < -0.3 is 10.1 Å². The summed E-state index contributed by atoms with van der Waals surface area (Å²) in [5.74, 6) is -0.512. The summed E-state index contributed by atoms with van der Waals surface area (Å²) in [6.07, 6.45) is 0.625. The SMILES string of the molecule is CC(C)COCCCNC(=O)c1cc(S(=O)(=O)Nc2ccc(F)cc2)ccc1Cl. The van der Waals surface area contributed by atoms with Gasteiger partial charge >= 0.3 is 0 Å². The smallest absolute Gasteiger partial charge is 0.261 e. The van der Waals surface area contributed by atoms with Crippen LogP contribution in [0.5, 0.6) is 0 Å². The Hall–Kier alpha value is -2.16. The van der Waals surface area contributed by atoms with E-state index in [2.05, 4.69) is 23.9 Å². The number of sulfonamides is 1. The third kappa shape index (κ3) is 7.30. The molecule has 0 aliphatic heterocycles. The van der Waals surface area contributed by atoms with Crippen LogP contribution in [0, 0.1) is 11.7 Å². The maximum atomic E-state index is 13.0. The number of halogens is 2. The van der Waals surface area contributed by atoms with Crippen molar-refractivity contribution in [2.24, 2.45) is 5.92 Å². The first-order chi connectivity index (χ1) is 13.7. The summed E-state index contributed by atoms with van der Waals surface area (Å²) in [6, 6.07) is 8.74. The molecule has 0 spiro atoms. The Balaban J connectivity index is 2.02. The molecule has 2 N–H and O–H groups in total. The fourth-order valence-corrected chi connectivity index (χ4v) is 3.66. The van der Waals surface area contributed by atoms with Crippen LogP contribution in [-0.2, 0) is 14.8 Å². The molecule has 9 heteroatoms. The fourth-order valence-electron chi connectivity index (χ4n) is 2.37. The lowest BCUT2D eigenvalue weighted by atomic mass is 10.2. The van der Waals surface area contributed by atoms with Crippen LogP contribution in [0.3, 0.4) is 0 Å². The van der Waals surface area contributed by atoms with Gasteiger partial charge in [-0.1, -0.05) is 25.4 Å². The molecule has 0 saturated heterocycles. The Morgan fingerprint density at radius 2 is 1.86 bits per heavy atom. The molecule has 0 radical (unpaired) electrons. The molecule has 1 amide bonds. The second-order valence-electron chi connectivity index (χ2n) is 6.83. The second kappa shape index (κ2) is 10.6. The van der Waals surface area contributed by atoms with Crippen molar-refractivity contribution in [3.63, 3.8) is 0 Å². The van der Waals surface area contributed by atoms with Gasteiger partial charge in [-0.05, 0) is 54.8 Å². The van der Waals surface area contributed by atoms with Crippen LogP contribution < -0.4 is 10.0 Å². The molecule has 0 bridgehead atoms. The predicted molar refractivity (Wildman–Crippen MR) is 111 cm³/mol. The highest BCUT2D eigenvalue weighted by atomic mass is 35.5. The highest BCUT2D eigenvalue weighted by molar-refractivity contribution is 7.92. The Labute approximate surface area is 175 Å². The van der Waals surface area contributed by atoms with Crippen molar-refractivity contribution < 1.29 is 22.3 Å². The Morgan fingerprint density at radius 1 is 1.17 bits per heavy atom. The number of hydrogen-bond donors (Lipinski definition) is 2. The summed E-state index contributed by atoms with van der Waals surface area (Å²) in [7, 11) is -3.97. The molecule has 0 saturated carbocycles. The molecule has 2 aromatic rings. The van der Waals surface area contributed by atoms with E-state index in [9.17, 15) is 17.6 Å². The number of benzene rings is 2. The van der Waals surface area contributed by atoms with Crippen molar-refractivity contribution in [1.82, 2.24) is 5.32 Å². The molecule has 0 aliphatic rings. The Bertz CT molecular complexity index is 934. The van der Waals surface area contributed by atoms with Gasteiger partial charge in [0.25, 0.3) is 15.9 Å². The van der Waals surface area contributed by atoms with Crippen molar-refractivity contribution in [3.8, 4) is 0 Å². The quantitative estimate of drug-likeness (QED) is 0.543. The minimum atomic E-state index is -3.97. The number of rotatable bonds is 10. The van der Waals surface area contributed by atoms with E-state index in [1.165, 1.54) is 30.3 Å². The van der Waals surface area contributed by atoms with Crippen LogP contribution >= 0.6 is 11.6 Å². The Kier molecular flexibility index (Phi) is 8.43. The van der Waals surface area contributed by atoms with E-state index in [4.69, 9.17) is 16.3 Å². The summed E-state index contributed by atoms with van der Waals surface area (Å²) < 4.78 is 45.9. The third-order valence-corrected chi connectivity index (χ3v) is 5.50. The molecule has 0 fully saturated rings. The number of ether oxygens (including phenoxy) is 1. The van der Waals surface area contributed by atoms with Crippen LogP contribution in [0.1, 0.15) is 30.6 Å². The van der Waals surface area contributed by atoms with Gasteiger partial charge in [-0.2, -0.15) is 0 Å². The lowest BCUT2D eigenvalue weighted by Gasteiger charge is -2.11. The summed E-state index contributed by atoms with van der Waals surface area (Å²) in [5.41, 5.74) is 0.255. The maximum absolute atomic E-state index is 13.0. The molecule has 158 valence electrons. The van der Waals surface area contributed by atoms with E-state index in [1.807, 2.05) is 0 Å². The Morgan fingerprint density at radius 3 is 2.52 bits per heavy atom. The standard InChI is InChI=1S/C20H24ClFN2O4S/c1-14(2)13-28-11-3-10-23-20(25)18-12-17(8-9-19(18)21)29(26,27)24-16-6-4-15(22)5-7-16/h4-9,12,14,24H,3,10-11,13H2,1-2H3,(H,23,25). The van der Waals surface area contributed by atoms with Gasteiger partial charge in [0.2, 0.25) is 0 Å². The fraction of sp³-hybridized carbons (Fsp3) is 0.350. The van der Waals surface area contributed by atoms with Crippen LogP contribution in [0.4, 0.5) is 10.1 Å². The first-order valence-electron chi connectivity index (χ1n) is 9.13. The van der Waals surface area contributed by atoms with E-state index < -0.39 is 21.7 Å². The lowest BCUT2D eigenvalue weighted by molar-refractivity contribution is 0.0925. The molecule has 6 nitrogen and oxygen atoms in total. The average Bonchev–Trinajstić information content (AvgIpc) is 2.66. The highest BCUT2D eigenvalue weighted by Gasteiger charge is 2.19. The number of carbonyl (C=O) groups excluding carboxylic acids is 1. The molecule has 0 aromatic heterocycles. The maximum Gasteiger partial charge on any atom is 0.261 e. The minimum absolute atomic E-state index is 0.0525. The van der Waals surface area contributed by atoms with Gasteiger partial charge in [-0.3, -0.25) is 9.52 Å². The molecular formula is C20H24ClFN2O4S. The molecule has 2 rings (SSSR count). The summed E-state index contributed by atoms with van der Waals surface area (Å²) in [4.78, 5) is 12.3. The van der Waals surface area contributed by atoms with Crippen molar-refractivity contribution in [2.45, 2.75) is 25.2 Å². The predicted octanol–water partition coefficient (Wildman–Crippen LogP) is 4.07. The van der Waals surface area contributed by atoms with Gasteiger partial charge in [-0.15, -0.1) is 0 Å². The molecular weight excluding hydrogens is 419 g/mol. The number of anilines is 1. The van der Waals surface area contributed by atoms with E-state index >= 15 is 0 Å². The van der Waals surface area contributed by atoms with Gasteiger partial charge in [0.15, 0.2) is 0 Å². The monoisotopic (exact) mass is 442 g/mol. The van der Waals surface area contributed by atoms with E-state index in [1.54, 1.807) is 0 Å². The molecule has 0 aliphatic carbocycles. The zero-order valence-corrected chi connectivity index (χ0v) is 17.8. The zero-order chi connectivity index (χ0) is 21.4. The largest absolute Gasteiger partial charge is 0.381 e. The number of carbonyl (C=O) groups is 1. The minimum Gasteiger partial charge on any atom is -0.381 e. The normalized spacial score (nSPS) is 11.5. The molecule has 0 atom stereocenters. The van der Waals surface area contributed by atoms with Gasteiger partial charge in [0.1, 0.15) is 5.82 Å². The summed E-state index contributed by atoms with van der Waals surface area (Å²) in [5, 5.41) is 2.84. The topological polar surface area (TPSA) is 84.5 Å². The summed E-state index contributed by atoms with van der Waals surface area (Å²) in [6.45, 7) is 5.65. The van der Waals surface area contributed by atoms with E-state index in [0.29, 0.717) is 32.1 Å². The van der Waals surface area contributed by atoms with Gasteiger partial charge in [-0.25, -0.2) is 12.8 Å². The van der Waals surface area contributed by atoms with Gasteiger partial charge in [0.05, 0.1) is 15.5 Å². The first kappa shape index (κ1) is 23.1. The van der Waals surface area contributed by atoms with Crippen LogP contribution in [0.15, 0.2) is 47.4 Å². The van der Waals surface area contributed by atoms with Crippen LogP contribution in [0.2, 0.25) is 5.02 Å². The number of amides is 1. The van der Waals surface area contributed by atoms with Crippen molar-refractivity contribution in [3.05, 3.63) is 58.9 Å². The zero-order valence-electron chi connectivity index (χ0n) is 16.2. The molecule has 0 unspecified atom stereocenters. The van der Waals surface area contributed by atoms with Crippen LogP contribution in [0.25, 0.3) is 0 Å². The third-order valence-electron chi connectivity index (χ3n) is 3.79. The van der Waals surface area contributed by atoms with E-state index in [0.717, 1.165) is 12.1 Å². The molecule has 0 heterocycles. The average molecular weight is 443 g/mol. The highest BCUT2D eigenvalue weighted by Crippen LogP contribution is 2.22. The number of hydrogen-bond acceptors (Lipinski definition) is 4. The first-order valence-corrected chi connectivity index (χ1v) is 11.0. The second-order valence-corrected chi connectivity index (χ2v) is 8.92. The van der Waals surface area contributed by atoms with Crippen LogP contribution in [-0.4, -0.2) is 34.1 Å². The molecule has 29 heavy (non-hydrogen) atoms. The van der Waals surface area contributed by atoms with E-state index in [-0.39, 0.29) is 21.2 Å². The van der Waals surface area contributed by atoms with Gasteiger partial charge in [0, 0.05) is 25.4 Å².